The van der Waals surface area contributed by atoms with E-state index in [2.05, 4.69) is 38.2 Å². The van der Waals surface area contributed by atoms with Crippen LogP contribution in [0.1, 0.15) is 33.6 Å². The Morgan fingerprint density at radius 3 is 2.44 bits per heavy atom. The summed E-state index contributed by atoms with van der Waals surface area (Å²) in [6.07, 6.45) is 1.60. The lowest BCUT2D eigenvalue weighted by molar-refractivity contribution is 0.0240. The third-order valence-electron chi connectivity index (χ3n) is 6.09. The molecule has 3 heterocycles. The van der Waals surface area contributed by atoms with Crippen molar-refractivity contribution in [3.05, 3.63) is 21.4 Å². The van der Waals surface area contributed by atoms with E-state index in [0.717, 1.165) is 25.9 Å². The van der Waals surface area contributed by atoms with Gasteiger partial charge in [-0.1, -0.05) is 11.6 Å². The number of benzene rings is 1. The number of piperidine rings is 1. The van der Waals surface area contributed by atoms with E-state index >= 15 is 4.39 Å². The Balaban J connectivity index is 1.61. The van der Waals surface area contributed by atoms with Crippen molar-refractivity contribution in [2.75, 3.05) is 56.5 Å². The molecule has 2 aromatic rings. The first-order valence-electron chi connectivity index (χ1n) is 11.5. The highest BCUT2D eigenvalue weighted by atomic mass is 79.9. The standard InChI is InChI=1S/C23H31BrClFN6O2/c1-23(2,3)34-22(33)32-11-9-31(10-12-32)20-15-13-16(25)17(24)18(26)19(15)28-21(29-20)27-14-5-7-30(4)8-6-14/h13-14H,5-12H2,1-4H3,(H,27,28,29). The van der Waals surface area contributed by atoms with Crippen LogP contribution in [0.4, 0.5) is 21.0 Å². The van der Waals surface area contributed by atoms with Gasteiger partial charge in [-0.05, 0) is 75.7 Å². The molecule has 0 radical (unpaired) electrons. The largest absolute Gasteiger partial charge is 0.444 e. The van der Waals surface area contributed by atoms with Crippen LogP contribution in [0.3, 0.4) is 0 Å². The van der Waals surface area contributed by atoms with Crippen molar-refractivity contribution in [2.24, 2.45) is 0 Å². The van der Waals surface area contributed by atoms with Gasteiger partial charge in [0, 0.05) is 37.6 Å². The first kappa shape index (κ1) is 25.2. The molecule has 0 aliphatic carbocycles. The maximum absolute atomic E-state index is 15.2. The average Bonchev–Trinajstić information content (AvgIpc) is 2.78. The summed E-state index contributed by atoms with van der Waals surface area (Å²) in [7, 11) is 2.11. The van der Waals surface area contributed by atoms with Crippen molar-refractivity contribution in [3.8, 4) is 0 Å². The smallest absolute Gasteiger partial charge is 0.410 e. The number of hydrogen-bond acceptors (Lipinski definition) is 7. The number of halogens is 3. The van der Waals surface area contributed by atoms with Gasteiger partial charge >= 0.3 is 6.09 Å². The van der Waals surface area contributed by atoms with Gasteiger partial charge in [-0.2, -0.15) is 4.98 Å². The highest BCUT2D eigenvalue weighted by Gasteiger charge is 2.28. The zero-order valence-corrected chi connectivity index (χ0v) is 22.3. The monoisotopic (exact) mass is 556 g/mol. The highest BCUT2D eigenvalue weighted by molar-refractivity contribution is 9.10. The van der Waals surface area contributed by atoms with Crippen LogP contribution in [0.5, 0.6) is 0 Å². The topological polar surface area (TPSA) is 73.8 Å². The average molecular weight is 558 g/mol. The number of fused-ring (bicyclic) bond motifs is 1. The van der Waals surface area contributed by atoms with E-state index in [0.29, 0.717) is 43.3 Å². The minimum atomic E-state index is -0.548. The second kappa shape index (κ2) is 9.99. The van der Waals surface area contributed by atoms with Crippen LogP contribution in [0, 0.1) is 5.82 Å². The Morgan fingerprint density at radius 1 is 1.18 bits per heavy atom. The first-order chi connectivity index (χ1) is 16.0. The molecule has 34 heavy (non-hydrogen) atoms. The first-order valence-corrected chi connectivity index (χ1v) is 12.7. The lowest BCUT2D eigenvalue weighted by atomic mass is 10.1. The molecule has 4 rings (SSSR count). The van der Waals surface area contributed by atoms with Gasteiger partial charge in [-0.25, -0.2) is 14.2 Å². The summed E-state index contributed by atoms with van der Waals surface area (Å²) in [4.78, 5) is 27.8. The predicted octanol–water partition coefficient (Wildman–Crippen LogP) is 4.75. The number of piperazine rings is 1. The van der Waals surface area contributed by atoms with E-state index in [9.17, 15) is 4.79 Å². The Bertz CT molecular complexity index is 1070. The van der Waals surface area contributed by atoms with Crippen LogP contribution in [-0.2, 0) is 4.74 Å². The number of rotatable bonds is 3. The molecule has 2 fully saturated rings. The van der Waals surface area contributed by atoms with Crippen LogP contribution in [0.15, 0.2) is 10.5 Å². The fourth-order valence-corrected chi connectivity index (χ4v) is 4.72. The zero-order chi connectivity index (χ0) is 24.6. The van der Waals surface area contributed by atoms with Crippen LogP contribution >= 0.6 is 27.5 Å². The molecule has 1 amide bonds. The summed E-state index contributed by atoms with van der Waals surface area (Å²) >= 11 is 9.52. The van der Waals surface area contributed by atoms with E-state index in [-0.39, 0.29) is 27.1 Å². The van der Waals surface area contributed by atoms with E-state index in [4.69, 9.17) is 21.3 Å². The molecule has 0 atom stereocenters. The number of likely N-dealkylation sites (tertiary alicyclic amines) is 1. The van der Waals surface area contributed by atoms with Crippen molar-refractivity contribution < 1.29 is 13.9 Å². The highest BCUT2D eigenvalue weighted by Crippen LogP contribution is 2.36. The van der Waals surface area contributed by atoms with Crippen molar-refractivity contribution in [1.82, 2.24) is 19.8 Å². The van der Waals surface area contributed by atoms with E-state index in [1.807, 2.05) is 25.7 Å². The molecule has 186 valence electrons. The third kappa shape index (κ3) is 5.66. The summed E-state index contributed by atoms with van der Waals surface area (Å²) in [5, 5.41) is 4.22. The second-order valence-electron chi connectivity index (χ2n) is 9.93. The second-order valence-corrected chi connectivity index (χ2v) is 11.1. The lowest BCUT2D eigenvalue weighted by Crippen LogP contribution is -2.50. The van der Waals surface area contributed by atoms with Crippen LogP contribution in [0.2, 0.25) is 5.02 Å². The Hall–Kier alpha value is -1.91. The molecule has 0 unspecified atom stereocenters. The lowest BCUT2D eigenvalue weighted by Gasteiger charge is -2.36. The molecule has 8 nitrogen and oxygen atoms in total. The number of hydrogen-bond donors (Lipinski definition) is 1. The number of aromatic nitrogens is 2. The van der Waals surface area contributed by atoms with Gasteiger partial charge in [0.05, 0.1) is 9.50 Å². The van der Waals surface area contributed by atoms with Gasteiger partial charge in [0.15, 0.2) is 5.82 Å². The zero-order valence-electron chi connectivity index (χ0n) is 20.0. The summed E-state index contributed by atoms with van der Waals surface area (Å²) in [6, 6.07) is 1.92. The van der Waals surface area contributed by atoms with Crippen molar-refractivity contribution in [2.45, 2.75) is 45.3 Å². The molecule has 1 aromatic heterocycles. The number of anilines is 2. The van der Waals surface area contributed by atoms with Crippen LogP contribution < -0.4 is 10.2 Å². The molecule has 2 aliphatic rings. The van der Waals surface area contributed by atoms with Gasteiger partial charge < -0.3 is 24.8 Å². The molecule has 0 bridgehead atoms. The fraction of sp³-hybridized carbons (Fsp3) is 0.609. The van der Waals surface area contributed by atoms with Crippen molar-refractivity contribution >= 4 is 56.3 Å². The van der Waals surface area contributed by atoms with E-state index in [1.165, 1.54) is 0 Å². The molecule has 2 aliphatic heterocycles. The van der Waals surface area contributed by atoms with E-state index in [1.54, 1.807) is 11.0 Å². The predicted molar refractivity (Wildman–Crippen MR) is 136 cm³/mol. The van der Waals surface area contributed by atoms with Gasteiger partial charge in [-0.3, -0.25) is 0 Å². The molecular weight excluding hydrogens is 527 g/mol. The number of ether oxygens (including phenoxy) is 1. The summed E-state index contributed by atoms with van der Waals surface area (Å²) in [5.74, 6) is 0.502. The minimum Gasteiger partial charge on any atom is -0.444 e. The molecule has 1 N–H and O–H groups in total. The van der Waals surface area contributed by atoms with Gasteiger partial charge in [0.1, 0.15) is 16.9 Å². The molecule has 0 spiro atoms. The molecule has 2 saturated heterocycles. The van der Waals surface area contributed by atoms with Crippen LogP contribution in [-0.4, -0.2) is 83.8 Å². The maximum atomic E-state index is 15.2. The number of nitrogens with one attached hydrogen (secondary N) is 1. The van der Waals surface area contributed by atoms with E-state index < -0.39 is 11.4 Å². The Morgan fingerprint density at radius 2 is 1.82 bits per heavy atom. The summed E-state index contributed by atoms with van der Waals surface area (Å²) in [5.41, 5.74) is -0.334. The van der Waals surface area contributed by atoms with Crippen LogP contribution in [0.25, 0.3) is 10.9 Å². The number of carbonyl (C=O) groups is 1. The van der Waals surface area contributed by atoms with Gasteiger partial charge in [0.25, 0.3) is 0 Å². The quantitative estimate of drug-likeness (QED) is 0.546. The summed E-state index contributed by atoms with van der Waals surface area (Å²) < 4.78 is 20.9. The molecule has 1 aromatic carbocycles. The Labute approximate surface area is 212 Å². The summed E-state index contributed by atoms with van der Waals surface area (Å²) in [6.45, 7) is 9.55. The van der Waals surface area contributed by atoms with Crippen molar-refractivity contribution in [1.29, 1.82) is 0 Å². The third-order valence-corrected chi connectivity index (χ3v) is 7.39. The van der Waals surface area contributed by atoms with Gasteiger partial charge in [0.2, 0.25) is 5.95 Å². The fourth-order valence-electron chi connectivity index (χ4n) is 4.23. The van der Waals surface area contributed by atoms with Gasteiger partial charge in [-0.15, -0.1) is 0 Å². The maximum Gasteiger partial charge on any atom is 0.410 e. The molecule has 11 heteroatoms. The van der Waals surface area contributed by atoms with Crippen molar-refractivity contribution in [3.63, 3.8) is 0 Å². The molecule has 0 saturated carbocycles. The number of nitrogens with zero attached hydrogens (tertiary/aromatic N) is 5. The molecular formula is C23H31BrClFN6O2. The number of carbonyl (C=O) groups excluding carboxylic acids is 1. The minimum absolute atomic E-state index is 0.186. The Kier molecular flexibility index (Phi) is 7.40. The normalized spacial score (nSPS) is 18.4. The number of amides is 1. The SMILES string of the molecule is CN1CCC(Nc2nc(N3CCN(C(=O)OC(C)(C)C)CC3)c3cc(Cl)c(Br)c(F)c3n2)CC1.